The first-order valence-electron chi connectivity index (χ1n) is 6.42. The molecule has 0 aliphatic carbocycles. The molecule has 0 fully saturated rings. The number of rotatable bonds is 5. The average Bonchev–Trinajstić information content (AvgIpc) is 2.51. The predicted octanol–water partition coefficient (Wildman–Crippen LogP) is 2.38. The summed E-state index contributed by atoms with van der Waals surface area (Å²) in [6, 6.07) is 8.45. The van der Waals surface area contributed by atoms with Crippen LogP contribution < -0.4 is 5.48 Å². The van der Waals surface area contributed by atoms with E-state index < -0.39 is 18.0 Å². The maximum atomic E-state index is 11.8. The number of azide groups is 1. The first-order chi connectivity index (χ1) is 10.1. The summed E-state index contributed by atoms with van der Waals surface area (Å²) in [5.74, 6) is -0.683. The van der Waals surface area contributed by atoms with Gasteiger partial charge in [0.05, 0.1) is 0 Å². The second-order valence-electron chi connectivity index (χ2n) is 4.21. The highest BCUT2D eigenvalue weighted by molar-refractivity contribution is 5.82. The fraction of sp³-hybridized carbons (Fsp3) is 0.385. The first kappa shape index (κ1) is 16.3. The summed E-state index contributed by atoms with van der Waals surface area (Å²) in [6.45, 7) is 3.99. The van der Waals surface area contributed by atoms with E-state index in [1.54, 1.807) is 6.92 Å². The Balaban J connectivity index is 2.52. The number of hydrogen-bond donors (Lipinski definition) is 1. The van der Waals surface area contributed by atoms with Gasteiger partial charge in [-0.15, -0.1) is 0 Å². The molecule has 0 saturated carbocycles. The highest BCUT2D eigenvalue weighted by Gasteiger charge is 2.17. The molecule has 0 saturated heterocycles. The van der Waals surface area contributed by atoms with Gasteiger partial charge in [0.1, 0.15) is 6.04 Å². The molecule has 0 spiro atoms. The largest absolute Gasteiger partial charge is 0.434 e. The van der Waals surface area contributed by atoms with Crippen LogP contribution in [-0.4, -0.2) is 29.5 Å². The summed E-state index contributed by atoms with van der Waals surface area (Å²) < 4.78 is 0. The summed E-state index contributed by atoms with van der Waals surface area (Å²) in [6.07, 6.45) is -0.678. The Morgan fingerprint density at radius 1 is 1.43 bits per heavy atom. The van der Waals surface area contributed by atoms with Crippen LogP contribution in [0.1, 0.15) is 19.4 Å². The van der Waals surface area contributed by atoms with Crippen LogP contribution in [0.15, 0.2) is 35.4 Å². The van der Waals surface area contributed by atoms with Crippen molar-refractivity contribution in [2.45, 2.75) is 26.4 Å². The molecule has 0 unspecified atom stereocenters. The van der Waals surface area contributed by atoms with Crippen molar-refractivity contribution in [3.05, 3.63) is 46.3 Å². The lowest BCUT2D eigenvalue weighted by Gasteiger charge is -2.20. The number of hydroxylamine groups is 1. The van der Waals surface area contributed by atoms with Crippen LogP contribution in [0.3, 0.4) is 0 Å². The molecule has 21 heavy (non-hydrogen) atoms. The Morgan fingerprint density at radius 3 is 2.67 bits per heavy atom. The third-order valence-electron chi connectivity index (χ3n) is 2.70. The van der Waals surface area contributed by atoms with Crippen molar-refractivity contribution in [2.24, 2.45) is 5.11 Å². The second-order valence-corrected chi connectivity index (χ2v) is 4.21. The van der Waals surface area contributed by atoms with E-state index in [4.69, 9.17) is 10.4 Å². The minimum Gasteiger partial charge on any atom is -0.321 e. The SMILES string of the molecule is CCN(Cc1ccccc1)C(=O)ONC(=O)[C@H](C)N=[N+]=[N-]. The zero-order valence-corrected chi connectivity index (χ0v) is 11.9. The fourth-order valence-corrected chi connectivity index (χ4v) is 1.48. The van der Waals surface area contributed by atoms with Crippen LogP contribution in [0.5, 0.6) is 0 Å². The monoisotopic (exact) mass is 291 g/mol. The summed E-state index contributed by atoms with van der Waals surface area (Å²) in [5, 5.41) is 3.20. The lowest BCUT2D eigenvalue weighted by molar-refractivity contribution is -0.131. The molecule has 0 radical (unpaired) electrons. The molecule has 1 N–H and O–H groups in total. The number of hydrogen-bond acceptors (Lipinski definition) is 4. The zero-order chi connectivity index (χ0) is 15.7. The van der Waals surface area contributed by atoms with E-state index in [-0.39, 0.29) is 0 Å². The lowest BCUT2D eigenvalue weighted by atomic mass is 10.2. The molecule has 112 valence electrons. The fourth-order valence-electron chi connectivity index (χ4n) is 1.48. The van der Waals surface area contributed by atoms with E-state index in [1.165, 1.54) is 11.8 Å². The molecule has 0 aliphatic rings. The van der Waals surface area contributed by atoms with Crippen LogP contribution >= 0.6 is 0 Å². The normalized spacial score (nSPS) is 11.0. The van der Waals surface area contributed by atoms with Gasteiger partial charge < -0.3 is 9.74 Å². The molecule has 0 aromatic heterocycles. The standard InChI is InChI=1S/C13H17N5O3/c1-3-18(9-11-7-5-4-6-8-11)13(20)21-16-12(19)10(2)15-17-14/h4-8,10H,3,9H2,1-2H3,(H,16,19)/t10-/m0/s1. The van der Waals surface area contributed by atoms with Gasteiger partial charge in [-0.1, -0.05) is 35.4 Å². The average molecular weight is 291 g/mol. The summed E-state index contributed by atoms with van der Waals surface area (Å²) in [4.78, 5) is 31.9. The zero-order valence-electron chi connectivity index (χ0n) is 11.9. The molecule has 8 nitrogen and oxygen atoms in total. The first-order valence-corrected chi connectivity index (χ1v) is 6.42. The molecule has 8 heteroatoms. The van der Waals surface area contributed by atoms with Crippen LogP contribution in [0.2, 0.25) is 0 Å². The van der Waals surface area contributed by atoms with Crippen LogP contribution in [0, 0.1) is 0 Å². The van der Waals surface area contributed by atoms with Gasteiger partial charge in [0.15, 0.2) is 0 Å². The predicted molar refractivity (Wildman–Crippen MR) is 75.8 cm³/mol. The van der Waals surface area contributed by atoms with Crippen molar-refractivity contribution in [3.8, 4) is 0 Å². The molecule has 1 aromatic carbocycles. The van der Waals surface area contributed by atoms with Gasteiger partial charge in [-0.05, 0) is 24.9 Å². The molecule has 1 aromatic rings. The van der Waals surface area contributed by atoms with Crippen molar-refractivity contribution in [2.75, 3.05) is 6.54 Å². The Hall–Kier alpha value is -2.73. The van der Waals surface area contributed by atoms with Gasteiger partial charge in [-0.3, -0.25) is 4.79 Å². The quantitative estimate of drug-likeness (QED) is 0.389. The third-order valence-corrected chi connectivity index (χ3v) is 2.70. The third kappa shape index (κ3) is 5.42. The maximum absolute atomic E-state index is 11.8. The topological polar surface area (TPSA) is 107 Å². The molecule has 0 bridgehead atoms. The molecule has 0 aliphatic heterocycles. The lowest BCUT2D eigenvalue weighted by Crippen LogP contribution is -2.39. The van der Waals surface area contributed by atoms with Gasteiger partial charge in [-0.25, -0.2) is 4.79 Å². The van der Waals surface area contributed by atoms with Crippen LogP contribution in [0.25, 0.3) is 10.4 Å². The van der Waals surface area contributed by atoms with Crippen molar-refractivity contribution >= 4 is 12.0 Å². The Labute approximate surface area is 122 Å². The molecule has 1 rings (SSSR count). The molecular formula is C13H17N5O3. The molecule has 0 heterocycles. The number of nitrogens with zero attached hydrogens (tertiary/aromatic N) is 4. The Bertz CT molecular complexity index is 528. The highest BCUT2D eigenvalue weighted by Crippen LogP contribution is 2.05. The van der Waals surface area contributed by atoms with E-state index in [9.17, 15) is 9.59 Å². The van der Waals surface area contributed by atoms with Gasteiger partial charge in [0.2, 0.25) is 0 Å². The van der Waals surface area contributed by atoms with Gasteiger partial charge >= 0.3 is 6.09 Å². The number of amides is 2. The van der Waals surface area contributed by atoms with Crippen molar-refractivity contribution in [3.63, 3.8) is 0 Å². The molecule has 1 atom stereocenters. The van der Waals surface area contributed by atoms with Crippen molar-refractivity contribution < 1.29 is 14.4 Å². The van der Waals surface area contributed by atoms with E-state index in [1.807, 2.05) is 35.8 Å². The van der Waals surface area contributed by atoms with E-state index in [0.29, 0.717) is 13.1 Å². The van der Waals surface area contributed by atoms with Crippen LogP contribution in [-0.2, 0) is 16.2 Å². The Morgan fingerprint density at radius 2 is 2.10 bits per heavy atom. The number of carbonyl (C=O) groups is 2. The highest BCUT2D eigenvalue weighted by atomic mass is 16.7. The summed E-state index contributed by atoms with van der Waals surface area (Å²) in [5.41, 5.74) is 11.1. The second kappa shape index (κ2) is 8.44. The van der Waals surface area contributed by atoms with E-state index in [0.717, 1.165) is 5.56 Å². The van der Waals surface area contributed by atoms with Gasteiger partial charge in [-0.2, -0.15) is 5.48 Å². The van der Waals surface area contributed by atoms with Gasteiger partial charge in [0.25, 0.3) is 5.91 Å². The summed E-state index contributed by atoms with van der Waals surface area (Å²) in [7, 11) is 0. The van der Waals surface area contributed by atoms with E-state index in [2.05, 4.69) is 10.0 Å². The van der Waals surface area contributed by atoms with E-state index >= 15 is 0 Å². The smallest absolute Gasteiger partial charge is 0.321 e. The minimum atomic E-state index is -0.952. The minimum absolute atomic E-state index is 0.373. The van der Waals surface area contributed by atoms with Crippen LogP contribution in [0.4, 0.5) is 4.79 Å². The molecule has 2 amide bonds. The maximum Gasteiger partial charge on any atom is 0.434 e. The number of nitrogens with one attached hydrogen (secondary N) is 1. The number of benzene rings is 1. The van der Waals surface area contributed by atoms with Gasteiger partial charge in [0, 0.05) is 18.0 Å². The van der Waals surface area contributed by atoms with Crippen molar-refractivity contribution in [1.29, 1.82) is 0 Å². The van der Waals surface area contributed by atoms with Crippen molar-refractivity contribution in [1.82, 2.24) is 10.4 Å². The number of carbonyl (C=O) groups excluding carboxylic acids is 2. The molecular weight excluding hydrogens is 274 g/mol. The Kier molecular flexibility index (Phi) is 6.56. The summed E-state index contributed by atoms with van der Waals surface area (Å²) >= 11 is 0.